The normalized spacial score (nSPS) is 12.1. The van der Waals surface area contributed by atoms with Gasteiger partial charge in [-0.15, -0.1) is 0 Å². The average Bonchev–Trinajstić information content (AvgIpc) is 2.03. The van der Waals surface area contributed by atoms with Gasteiger partial charge >= 0.3 is 6.09 Å². The Morgan fingerprint density at radius 3 is 2.50 bits per heavy atom. The minimum atomic E-state index is -0.515. The van der Waals surface area contributed by atoms with Crippen LogP contribution in [0, 0.1) is 5.41 Å². The van der Waals surface area contributed by atoms with E-state index in [0.29, 0.717) is 5.57 Å². The predicted octanol–water partition coefficient (Wildman–Crippen LogP) is 1.00. The topological polar surface area (TPSA) is 88.2 Å². The van der Waals surface area contributed by atoms with Gasteiger partial charge < -0.3 is 21.2 Å². The molecule has 0 saturated heterocycles. The summed E-state index contributed by atoms with van der Waals surface area (Å²) in [7, 11) is 0. The van der Waals surface area contributed by atoms with E-state index in [9.17, 15) is 4.79 Å². The first kappa shape index (κ1) is 12.5. The van der Waals surface area contributed by atoms with E-state index in [1.165, 1.54) is 6.20 Å². The number of hydrogen-bond acceptors (Lipinski definition) is 4. The molecule has 0 heterocycles. The zero-order valence-corrected chi connectivity index (χ0v) is 8.76. The minimum absolute atomic E-state index is 0.203. The molecule has 0 aliphatic rings. The lowest BCUT2D eigenvalue weighted by Gasteiger charge is -2.19. The van der Waals surface area contributed by atoms with E-state index in [4.69, 9.17) is 15.9 Å². The van der Waals surface area contributed by atoms with Gasteiger partial charge in [0, 0.05) is 24.5 Å². The molecule has 1 amide bonds. The molecule has 5 heteroatoms. The molecule has 14 heavy (non-hydrogen) atoms. The third kappa shape index (κ3) is 6.05. The quantitative estimate of drug-likeness (QED) is 0.592. The Labute approximate surface area is 83.8 Å². The Morgan fingerprint density at radius 1 is 1.57 bits per heavy atom. The number of carbonyl (C=O) groups is 1. The molecule has 0 unspecified atom stereocenters. The Kier molecular flexibility index (Phi) is 4.69. The monoisotopic (exact) mass is 199 g/mol. The van der Waals surface area contributed by atoms with Crippen molar-refractivity contribution >= 4 is 12.3 Å². The lowest BCUT2D eigenvalue weighted by atomic mass is 10.2. The summed E-state index contributed by atoms with van der Waals surface area (Å²) in [5.74, 6) is 0. The highest BCUT2D eigenvalue weighted by molar-refractivity contribution is 5.78. The van der Waals surface area contributed by atoms with E-state index in [1.54, 1.807) is 20.8 Å². The number of amides is 1. The number of nitrogens with one attached hydrogen (secondary N) is 2. The van der Waals surface area contributed by atoms with Gasteiger partial charge in [0.25, 0.3) is 0 Å². The smallest absolute Gasteiger partial charge is 0.407 e. The van der Waals surface area contributed by atoms with Crippen molar-refractivity contribution in [3.05, 3.63) is 11.8 Å². The highest BCUT2D eigenvalue weighted by Crippen LogP contribution is 2.06. The first-order valence-electron chi connectivity index (χ1n) is 4.27. The summed E-state index contributed by atoms with van der Waals surface area (Å²) in [6.45, 7) is 5.55. The zero-order valence-electron chi connectivity index (χ0n) is 8.76. The van der Waals surface area contributed by atoms with Gasteiger partial charge in [0.15, 0.2) is 0 Å². The van der Waals surface area contributed by atoms with Crippen LogP contribution in [0.25, 0.3) is 0 Å². The van der Waals surface area contributed by atoms with Crippen LogP contribution in [0.5, 0.6) is 0 Å². The molecular weight excluding hydrogens is 182 g/mol. The molecule has 0 aromatic heterocycles. The summed E-state index contributed by atoms with van der Waals surface area (Å²) in [5, 5.41) is 9.40. The van der Waals surface area contributed by atoms with E-state index >= 15 is 0 Å². The fourth-order valence-electron chi connectivity index (χ4n) is 0.646. The predicted molar refractivity (Wildman–Crippen MR) is 55.3 cm³/mol. The van der Waals surface area contributed by atoms with Crippen LogP contribution in [-0.4, -0.2) is 24.5 Å². The first-order chi connectivity index (χ1) is 6.39. The third-order valence-corrected chi connectivity index (χ3v) is 1.24. The maximum absolute atomic E-state index is 11.1. The van der Waals surface area contributed by atoms with E-state index in [1.807, 2.05) is 0 Å². The molecule has 4 N–H and O–H groups in total. The maximum atomic E-state index is 11.1. The molecule has 80 valence electrons. The Balaban J connectivity index is 3.92. The number of carbonyl (C=O) groups excluding carboxylic acids is 1. The lowest BCUT2D eigenvalue weighted by Crippen LogP contribution is -2.33. The first-order valence-corrected chi connectivity index (χ1v) is 4.27. The van der Waals surface area contributed by atoms with Gasteiger partial charge in [-0.05, 0) is 20.8 Å². The Bertz CT molecular complexity index is 241. The fourth-order valence-corrected chi connectivity index (χ4v) is 0.646. The van der Waals surface area contributed by atoms with Crippen molar-refractivity contribution in [2.24, 2.45) is 5.73 Å². The van der Waals surface area contributed by atoms with Crippen molar-refractivity contribution in [2.75, 3.05) is 6.54 Å². The summed E-state index contributed by atoms with van der Waals surface area (Å²) in [6.07, 6.45) is 1.83. The fraction of sp³-hybridized carbons (Fsp3) is 0.556. The van der Waals surface area contributed by atoms with Gasteiger partial charge in [-0.3, -0.25) is 0 Å². The summed E-state index contributed by atoms with van der Waals surface area (Å²) in [4.78, 5) is 11.1. The third-order valence-electron chi connectivity index (χ3n) is 1.24. The molecule has 0 aromatic carbocycles. The molecule has 0 rings (SSSR count). The molecule has 0 atom stereocenters. The van der Waals surface area contributed by atoms with Crippen LogP contribution in [0.2, 0.25) is 0 Å². The second kappa shape index (κ2) is 5.26. The molecule has 0 aliphatic carbocycles. The number of ether oxygens (including phenoxy) is 1. The van der Waals surface area contributed by atoms with E-state index < -0.39 is 11.7 Å². The lowest BCUT2D eigenvalue weighted by molar-refractivity contribution is 0.0533. The van der Waals surface area contributed by atoms with E-state index in [0.717, 1.165) is 6.21 Å². The Morgan fingerprint density at radius 2 is 2.14 bits per heavy atom. The van der Waals surface area contributed by atoms with Crippen LogP contribution in [0.15, 0.2) is 11.8 Å². The molecule has 0 radical (unpaired) electrons. The molecule has 0 saturated carbocycles. The molecule has 5 nitrogen and oxygen atoms in total. The minimum Gasteiger partial charge on any atom is -0.444 e. The van der Waals surface area contributed by atoms with Gasteiger partial charge in [0.05, 0.1) is 0 Å². The summed E-state index contributed by atoms with van der Waals surface area (Å²) >= 11 is 0. The SMILES string of the molecule is CC(C)(C)OC(=O)NC/C(C=N)=C/N. The van der Waals surface area contributed by atoms with Gasteiger partial charge in [-0.25, -0.2) is 4.79 Å². The van der Waals surface area contributed by atoms with Crippen molar-refractivity contribution in [1.82, 2.24) is 5.32 Å². The number of hydrogen-bond donors (Lipinski definition) is 3. The van der Waals surface area contributed by atoms with Crippen LogP contribution in [0.4, 0.5) is 4.79 Å². The molecular formula is C9H17N3O2. The summed E-state index contributed by atoms with van der Waals surface area (Å²) < 4.78 is 4.98. The summed E-state index contributed by atoms with van der Waals surface area (Å²) in [5.41, 5.74) is 5.20. The number of alkyl carbamates (subject to hydrolysis) is 1. The van der Waals surface area contributed by atoms with Crippen LogP contribution in [0.3, 0.4) is 0 Å². The number of nitrogens with two attached hydrogens (primary N) is 1. The van der Waals surface area contributed by atoms with Gasteiger partial charge in [-0.1, -0.05) is 0 Å². The average molecular weight is 199 g/mol. The van der Waals surface area contributed by atoms with E-state index in [-0.39, 0.29) is 6.54 Å². The second-order valence-corrected chi connectivity index (χ2v) is 3.74. The van der Waals surface area contributed by atoms with Crippen molar-refractivity contribution in [3.63, 3.8) is 0 Å². The van der Waals surface area contributed by atoms with Crippen LogP contribution in [-0.2, 0) is 4.74 Å². The van der Waals surface area contributed by atoms with Gasteiger partial charge in [0.1, 0.15) is 5.60 Å². The second-order valence-electron chi connectivity index (χ2n) is 3.74. The van der Waals surface area contributed by atoms with Crippen LogP contribution < -0.4 is 11.1 Å². The van der Waals surface area contributed by atoms with Crippen LogP contribution in [0.1, 0.15) is 20.8 Å². The standard InChI is InChI=1S/C9H17N3O2/c1-9(2,3)14-8(13)12-6-7(4-10)5-11/h4-5,10H,6,11H2,1-3H3,(H,12,13)/b7-5+,10-4?. The molecule has 0 fully saturated rings. The summed E-state index contributed by atoms with van der Waals surface area (Å²) in [6, 6.07) is 0. The molecule has 0 aliphatic heterocycles. The van der Waals surface area contributed by atoms with Crippen molar-refractivity contribution in [1.29, 1.82) is 5.41 Å². The molecule has 0 aromatic rings. The van der Waals surface area contributed by atoms with Gasteiger partial charge in [-0.2, -0.15) is 0 Å². The maximum Gasteiger partial charge on any atom is 0.407 e. The van der Waals surface area contributed by atoms with Crippen LogP contribution >= 0.6 is 0 Å². The largest absolute Gasteiger partial charge is 0.444 e. The highest BCUT2D eigenvalue weighted by atomic mass is 16.6. The molecule has 0 bridgehead atoms. The number of rotatable bonds is 3. The highest BCUT2D eigenvalue weighted by Gasteiger charge is 2.15. The molecule has 0 spiro atoms. The zero-order chi connectivity index (χ0) is 11.2. The van der Waals surface area contributed by atoms with Crippen molar-refractivity contribution < 1.29 is 9.53 Å². The van der Waals surface area contributed by atoms with Crippen molar-refractivity contribution in [3.8, 4) is 0 Å². The van der Waals surface area contributed by atoms with Gasteiger partial charge in [0.2, 0.25) is 0 Å². The van der Waals surface area contributed by atoms with Crippen molar-refractivity contribution in [2.45, 2.75) is 26.4 Å². The van der Waals surface area contributed by atoms with E-state index in [2.05, 4.69) is 5.32 Å². The Hall–Kier alpha value is -1.52.